The molecule has 0 unspecified atom stereocenters. The third kappa shape index (κ3) is 4.45. The van der Waals surface area contributed by atoms with Crippen LogP contribution in [0.5, 0.6) is 0 Å². The fourth-order valence-corrected chi connectivity index (χ4v) is 3.06. The zero-order valence-corrected chi connectivity index (χ0v) is 12.9. The molecule has 1 aliphatic rings. The summed E-state index contributed by atoms with van der Waals surface area (Å²) in [7, 11) is 0. The fraction of sp³-hybridized carbons (Fsp3) is 0.647. The Kier molecular flexibility index (Phi) is 6.69. The molecule has 1 aromatic carbocycles. The van der Waals surface area contributed by atoms with Crippen LogP contribution in [0.2, 0.25) is 0 Å². The van der Waals surface area contributed by atoms with Gasteiger partial charge in [-0.1, -0.05) is 33.3 Å². The Morgan fingerprint density at radius 3 is 2.10 bits per heavy atom. The monoisotopic (exact) mass is 304 g/mol. The van der Waals surface area contributed by atoms with Gasteiger partial charge in [-0.2, -0.15) is 13.2 Å². The SMILES string of the molecule is CC.CCC1CCC(c2c(F)cccc2C(F)(F)F)CC1. The Hall–Kier alpha value is -1.06. The van der Waals surface area contributed by atoms with Crippen LogP contribution in [0, 0.1) is 11.7 Å². The first-order valence-electron chi connectivity index (χ1n) is 7.79. The molecule has 1 aliphatic carbocycles. The van der Waals surface area contributed by atoms with Gasteiger partial charge in [-0.3, -0.25) is 0 Å². The van der Waals surface area contributed by atoms with Crippen molar-refractivity contribution in [2.24, 2.45) is 5.92 Å². The Balaban J connectivity index is 0.00000106. The third-order valence-corrected chi connectivity index (χ3v) is 4.19. The van der Waals surface area contributed by atoms with Crippen LogP contribution in [-0.4, -0.2) is 0 Å². The third-order valence-electron chi connectivity index (χ3n) is 4.19. The smallest absolute Gasteiger partial charge is 0.207 e. The minimum absolute atomic E-state index is 0.121. The quantitative estimate of drug-likeness (QED) is 0.543. The highest BCUT2D eigenvalue weighted by Crippen LogP contribution is 2.43. The summed E-state index contributed by atoms with van der Waals surface area (Å²) in [6, 6.07) is 3.26. The van der Waals surface area contributed by atoms with Gasteiger partial charge in [0.15, 0.2) is 0 Å². The summed E-state index contributed by atoms with van der Waals surface area (Å²) in [5, 5.41) is 0. The summed E-state index contributed by atoms with van der Waals surface area (Å²) in [6.45, 7) is 6.09. The van der Waals surface area contributed by atoms with Crippen LogP contribution in [0.1, 0.15) is 69.9 Å². The van der Waals surface area contributed by atoms with Gasteiger partial charge in [0.05, 0.1) is 5.56 Å². The molecule has 0 aliphatic heterocycles. The molecule has 1 aromatic rings. The average Bonchev–Trinajstić information content (AvgIpc) is 2.48. The summed E-state index contributed by atoms with van der Waals surface area (Å²) in [5.74, 6) is -0.423. The number of hydrogen-bond acceptors (Lipinski definition) is 0. The van der Waals surface area contributed by atoms with E-state index in [2.05, 4.69) is 6.92 Å². The van der Waals surface area contributed by atoms with Crippen LogP contribution in [0.25, 0.3) is 0 Å². The van der Waals surface area contributed by atoms with E-state index in [4.69, 9.17) is 0 Å². The Bertz CT molecular complexity index is 429. The standard InChI is InChI=1S/C15H18F4.C2H6/c1-2-10-6-8-11(9-7-10)14-12(15(17,18)19)4-3-5-13(14)16;1-2/h3-5,10-11H,2,6-9H2,1H3;1-2H3. The van der Waals surface area contributed by atoms with E-state index in [0.29, 0.717) is 18.8 Å². The van der Waals surface area contributed by atoms with Crippen LogP contribution >= 0.6 is 0 Å². The Morgan fingerprint density at radius 1 is 1.05 bits per heavy atom. The Labute approximate surface area is 124 Å². The molecule has 0 saturated heterocycles. The van der Waals surface area contributed by atoms with Crippen LogP contribution in [-0.2, 0) is 6.18 Å². The molecule has 0 nitrogen and oxygen atoms in total. The first-order chi connectivity index (χ1) is 9.93. The second-order valence-corrected chi connectivity index (χ2v) is 5.32. The van der Waals surface area contributed by atoms with E-state index >= 15 is 0 Å². The molecular weight excluding hydrogens is 280 g/mol. The maximum Gasteiger partial charge on any atom is 0.416 e. The van der Waals surface area contributed by atoms with Gasteiger partial charge in [0.2, 0.25) is 0 Å². The zero-order chi connectivity index (χ0) is 16.0. The molecule has 0 heterocycles. The van der Waals surface area contributed by atoms with Gasteiger partial charge in [-0.25, -0.2) is 4.39 Å². The van der Waals surface area contributed by atoms with Crippen molar-refractivity contribution in [2.45, 2.75) is 65.0 Å². The van der Waals surface area contributed by atoms with E-state index in [1.807, 2.05) is 13.8 Å². The largest absolute Gasteiger partial charge is 0.416 e. The summed E-state index contributed by atoms with van der Waals surface area (Å²) < 4.78 is 52.7. The van der Waals surface area contributed by atoms with E-state index in [0.717, 1.165) is 37.5 Å². The summed E-state index contributed by atoms with van der Waals surface area (Å²) in [6.07, 6.45) is -0.320. The van der Waals surface area contributed by atoms with Crippen LogP contribution < -0.4 is 0 Å². The second kappa shape index (κ2) is 7.81. The number of hydrogen-bond donors (Lipinski definition) is 0. The van der Waals surface area contributed by atoms with Gasteiger partial charge in [0.25, 0.3) is 0 Å². The van der Waals surface area contributed by atoms with E-state index < -0.39 is 17.6 Å². The summed E-state index contributed by atoms with van der Waals surface area (Å²) in [5.41, 5.74) is -0.919. The lowest BCUT2D eigenvalue weighted by Gasteiger charge is -2.30. The highest BCUT2D eigenvalue weighted by Gasteiger charge is 2.37. The first-order valence-corrected chi connectivity index (χ1v) is 7.79. The topological polar surface area (TPSA) is 0 Å². The van der Waals surface area contributed by atoms with Gasteiger partial charge >= 0.3 is 6.18 Å². The molecule has 4 heteroatoms. The molecule has 120 valence electrons. The van der Waals surface area contributed by atoms with Gasteiger partial charge in [-0.15, -0.1) is 0 Å². The molecule has 0 spiro atoms. The molecule has 2 rings (SSSR count). The molecule has 0 amide bonds. The molecule has 0 aromatic heterocycles. The molecular formula is C17H24F4. The number of benzene rings is 1. The molecule has 1 saturated carbocycles. The van der Waals surface area contributed by atoms with Crippen molar-refractivity contribution in [3.8, 4) is 0 Å². The van der Waals surface area contributed by atoms with Gasteiger partial charge in [-0.05, 0) is 49.7 Å². The first kappa shape index (κ1) is 18.0. The van der Waals surface area contributed by atoms with E-state index in [9.17, 15) is 17.6 Å². The molecule has 0 radical (unpaired) electrons. The molecule has 21 heavy (non-hydrogen) atoms. The molecule has 0 bridgehead atoms. The maximum absolute atomic E-state index is 13.8. The molecule has 0 N–H and O–H groups in total. The molecule has 0 atom stereocenters. The predicted molar refractivity (Wildman–Crippen MR) is 77.7 cm³/mol. The van der Waals surface area contributed by atoms with Crippen molar-refractivity contribution in [1.29, 1.82) is 0 Å². The van der Waals surface area contributed by atoms with Crippen molar-refractivity contribution in [3.05, 3.63) is 35.1 Å². The van der Waals surface area contributed by atoms with Gasteiger partial charge in [0.1, 0.15) is 5.82 Å². The van der Waals surface area contributed by atoms with E-state index in [1.54, 1.807) is 0 Å². The van der Waals surface area contributed by atoms with E-state index in [1.165, 1.54) is 0 Å². The predicted octanol–water partition coefficient (Wildman–Crippen LogP) is 6.55. The lowest BCUT2D eigenvalue weighted by molar-refractivity contribution is -0.138. The lowest BCUT2D eigenvalue weighted by Crippen LogP contribution is -2.18. The fourth-order valence-electron chi connectivity index (χ4n) is 3.06. The van der Waals surface area contributed by atoms with E-state index in [-0.39, 0.29) is 11.5 Å². The minimum Gasteiger partial charge on any atom is -0.207 e. The number of rotatable bonds is 2. The average molecular weight is 304 g/mol. The van der Waals surface area contributed by atoms with Crippen molar-refractivity contribution >= 4 is 0 Å². The Morgan fingerprint density at radius 2 is 1.62 bits per heavy atom. The lowest BCUT2D eigenvalue weighted by atomic mass is 9.76. The highest BCUT2D eigenvalue weighted by molar-refractivity contribution is 5.34. The summed E-state index contributed by atoms with van der Waals surface area (Å²) >= 11 is 0. The number of alkyl halides is 3. The van der Waals surface area contributed by atoms with Crippen LogP contribution in [0.15, 0.2) is 18.2 Å². The second-order valence-electron chi connectivity index (χ2n) is 5.32. The van der Waals surface area contributed by atoms with Gasteiger partial charge < -0.3 is 0 Å². The van der Waals surface area contributed by atoms with Crippen LogP contribution in [0.3, 0.4) is 0 Å². The van der Waals surface area contributed by atoms with Crippen molar-refractivity contribution in [3.63, 3.8) is 0 Å². The maximum atomic E-state index is 13.8. The zero-order valence-electron chi connectivity index (χ0n) is 12.9. The van der Waals surface area contributed by atoms with Crippen molar-refractivity contribution in [1.82, 2.24) is 0 Å². The van der Waals surface area contributed by atoms with Gasteiger partial charge in [0, 0.05) is 5.56 Å². The molecule has 1 fully saturated rings. The summed E-state index contributed by atoms with van der Waals surface area (Å²) in [4.78, 5) is 0. The van der Waals surface area contributed by atoms with Crippen molar-refractivity contribution in [2.75, 3.05) is 0 Å². The number of halogens is 4. The normalized spacial score (nSPS) is 22.4. The highest BCUT2D eigenvalue weighted by atomic mass is 19.4. The van der Waals surface area contributed by atoms with Crippen LogP contribution in [0.4, 0.5) is 17.6 Å². The van der Waals surface area contributed by atoms with Crippen molar-refractivity contribution < 1.29 is 17.6 Å². The minimum atomic E-state index is -4.47.